The molecule has 0 unspecified atom stereocenters. The van der Waals surface area contributed by atoms with Gasteiger partial charge in [0.1, 0.15) is 0 Å². The molecule has 0 aliphatic carbocycles. The average molecular weight is 389 g/mol. The fourth-order valence-corrected chi connectivity index (χ4v) is 4.10. The first-order valence-corrected chi connectivity index (χ1v) is 10.1. The molecule has 3 rings (SSSR count). The number of nitrogens with zero attached hydrogens (tertiary/aromatic N) is 5. The zero-order valence-corrected chi connectivity index (χ0v) is 16.5. The highest BCUT2D eigenvalue weighted by atomic mass is 32.2. The summed E-state index contributed by atoms with van der Waals surface area (Å²) in [4.78, 5) is 25.3. The molecule has 1 aromatic heterocycles. The van der Waals surface area contributed by atoms with Crippen LogP contribution in [0.25, 0.3) is 0 Å². The minimum absolute atomic E-state index is 0.162. The van der Waals surface area contributed by atoms with Crippen LogP contribution in [-0.2, 0) is 10.0 Å². The van der Waals surface area contributed by atoms with Crippen molar-refractivity contribution in [1.82, 2.24) is 19.2 Å². The van der Waals surface area contributed by atoms with Crippen LogP contribution in [0.3, 0.4) is 0 Å². The third-order valence-corrected chi connectivity index (χ3v) is 6.55. The number of carbonyl (C=O) groups excluding carboxylic acids is 1. The maximum atomic E-state index is 12.9. The molecule has 1 amide bonds. The molecule has 2 heterocycles. The zero-order chi connectivity index (χ0) is 19.6. The molecule has 144 valence electrons. The molecule has 1 saturated heterocycles. The summed E-state index contributed by atoms with van der Waals surface area (Å²) in [6.45, 7) is 4.04. The van der Waals surface area contributed by atoms with E-state index in [2.05, 4.69) is 9.97 Å². The SMILES string of the molecule is Cc1ccc(C(=O)N2CCN(c3ncccn3)CC2)cc1S(=O)(=O)N(C)C. The Hall–Kier alpha value is -2.52. The van der Waals surface area contributed by atoms with Gasteiger partial charge in [-0.1, -0.05) is 6.07 Å². The molecule has 8 nitrogen and oxygen atoms in total. The zero-order valence-electron chi connectivity index (χ0n) is 15.7. The van der Waals surface area contributed by atoms with Gasteiger partial charge in [0.25, 0.3) is 5.91 Å². The van der Waals surface area contributed by atoms with Crippen molar-refractivity contribution in [2.75, 3.05) is 45.2 Å². The van der Waals surface area contributed by atoms with Crippen LogP contribution in [0.1, 0.15) is 15.9 Å². The van der Waals surface area contributed by atoms with Gasteiger partial charge in [-0.2, -0.15) is 0 Å². The van der Waals surface area contributed by atoms with E-state index in [-0.39, 0.29) is 10.8 Å². The fourth-order valence-electron chi connectivity index (χ4n) is 2.95. The van der Waals surface area contributed by atoms with Crippen LogP contribution in [0.4, 0.5) is 5.95 Å². The molecular weight excluding hydrogens is 366 g/mol. The van der Waals surface area contributed by atoms with Crippen molar-refractivity contribution < 1.29 is 13.2 Å². The largest absolute Gasteiger partial charge is 0.337 e. The van der Waals surface area contributed by atoms with E-state index >= 15 is 0 Å². The summed E-state index contributed by atoms with van der Waals surface area (Å²) in [6.07, 6.45) is 3.39. The summed E-state index contributed by atoms with van der Waals surface area (Å²) < 4.78 is 26.1. The Morgan fingerprint density at radius 1 is 1.07 bits per heavy atom. The lowest BCUT2D eigenvalue weighted by atomic mass is 10.1. The first-order chi connectivity index (χ1) is 12.8. The van der Waals surface area contributed by atoms with Gasteiger partial charge in [-0.3, -0.25) is 4.79 Å². The standard InChI is InChI=1S/C18H23N5O3S/c1-14-5-6-15(13-16(14)27(25,26)21(2)3)17(24)22-9-11-23(12-10-22)18-19-7-4-8-20-18/h4-8,13H,9-12H2,1-3H3. The van der Waals surface area contributed by atoms with Gasteiger partial charge in [-0.05, 0) is 30.7 Å². The van der Waals surface area contributed by atoms with Crippen LogP contribution in [0.2, 0.25) is 0 Å². The Morgan fingerprint density at radius 3 is 2.30 bits per heavy atom. The summed E-state index contributed by atoms with van der Waals surface area (Å²) in [6, 6.07) is 6.59. The number of amides is 1. The Morgan fingerprint density at radius 2 is 1.70 bits per heavy atom. The molecule has 1 fully saturated rings. The second kappa shape index (κ2) is 7.61. The smallest absolute Gasteiger partial charge is 0.254 e. The van der Waals surface area contributed by atoms with E-state index < -0.39 is 10.0 Å². The number of aryl methyl sites for hydroxylation is 1. The lowest BCUT2D eigenvalue weighted by Crippen LogP contribution is -2.49. The summed E-state index contributed by atoms with van der Waals surface area (Å²) in [7, 11) is -0.641. The summed E-state index contributed by atoms with van der Waals surface area (Å²) in [5.74, 6) is 0.484. The van der Waals surface area contributed by atoms with Gasteiger partial charge in [-0.25, -0.2) is 22.7 Å². The van der Waals surface area contributed by atoms with Crippen LogP contribution in [0.5, 0.6) is 0 Å². The van der Waals surface area contributed by atoms with E-state index in [1.165, 1.54) is 20.2 Å². The third-order valence-electron chi connectivity index (χ3n) is 4.60. The van der Waals surface area contributed by atoms with Crippen LogP contribution in [0.15, 0.2) is 41.6 Å². The van der Waals surface area contributed by atoms with Gasteiger partial charge in [0.05, 0.1) is 4.90 Å². The van der Waals surface area contributed by atoms with Crippen LogP contribution in [-0.4, -0.2) is 73.8 Å². The highest BCUT2D eigenvalue weighted by molar-refractivity contribution is 7.89. The molecule has 0 N–H and O–H groups in total. The molecule has 0 atom stereocenters. The molecule has 1 aromatic carbocycles. The average Bonchev–Trinajstić information content (AvgIpc) is 2.68. The number of anilines is 1. The Balaban J connectivity index is 1.76. The number of carbonyl (C=O) groups is 1. The van der Waals surface area contributed by atoms with E-state index in [1.807, 2.05) is 4.90 Å². The summed E-state index contributed by atoms with van der Waals surface area (Å²) >= 11 is 0. The summed E-state index contributed by atoms with van der Waals surface area (Å²) in [5, 5.41) is 0. The Labute approximate surface area is 159 Å². The second-order valence-electron chi connectivity index (χ2n) is 6.60. The molecule has 0 bridgehead atoms. The van der Waals surface area contributed by atoms with Crippen molar-refractivity contribution >= 4 is 21.9 Å². The minimum atomic E-state index is -3.60. The van der Waals surface area contributed by atoms with Gasteiger partial charge in [0.2, 0.25) is 16.0 Å². The number of rotatable bonds is 4. The molecule has 0 radical (unpaired) electrons. The van der Waals surface area contributed by atoms with Crippen LogP contribution in [0, 0.1) is 6.92 Å². The molecule has 1 aliphatic rings. The summed E-state index contributed by atoms with van der Waals surface area (Å²) in [5.41, 5.74) is 0.997. The quantitative estimate of drug-likeness (QED) is 0.775. The van der Waals surface area contributed by atoms with Crippen molar-refractivity contribution in [3.05, 3.63) is 47.8 Å². The number of piperazine rings is 1. The lowest BCUT2D eigenvalue weighted by Gasteiger charge is -2.34. The first-order valence-electron chi connectivity index (χ1n) is 8.65. The predicted octanol–water partition coefficient (Wildman–Crippen LogP) is 0.998. The molecule has 0 spiro atoms. The fraction of sp³-hybridized carbons (Fsp3) is 0.389. The topological polar surface area (TPSA) is 86.7 Å². The maximum absolute atomic E-state index is 12.9. The van der Waals surface area contributed by atoms with Crippen molar-refractivity contribution in [2.45, 2.75) is 11.8 Å². The molecular formula is C18H23N5O3S. The van der Waals surface area contributed by atoms with Crippen LogP contribution >= 0.6 is 0 Å². The molecule has 27 heavy (non-hydrogen) atoms. The van der Waals surface area contributed by atoms with Gasteiger partial charge in [0.15, 0.2) is 0 Å². The van der Waals surface area contributed by atoms with Crippen molar-refractivity contribution in [3.8, 4) is 0 Å². The molecule has 1 aliphatic heterocycles. The van der Waals surface area contributed by atoms with E-state index in [4.69, 9.17) is 0 Å². The number of hydrogen-bond acceptors (Lipinski definition) is 6. The predicted molar refractivity (Wildman–Crippen MR) is 102 cm³/mol. The van der Waals surface area contributed by atoms with E-state index in [1.54, 1.807) is 42.4 Å². The molecule has 9 heteroatoms. The Kier molecular flexibility index (Phi) is 5.43. The van der Waals surface area contributed by atoms with E-state index in [0.29, 0.717) is 43.3 Å². The van der Waals surface area contributed by atoms with Crippen molar-refractivity contribution in [3.63, 3.8) is 0 Å². The van der Waals surface area contributed by atoms with Crippen molar-refractivity contribution in [2.24, 2.45) is 0 Å². The minimum Gasteiger partial charge on any atom is -0.337 e. The van der Waals surface area contributed by atoms with E-state index in [9.17, 15) is 13.2 Å². The molecule has 0 saturated carbocycles. The Bertz CT molecular complexity index is 923. The van der Waals surface area contributed by atoms with Gasteiger partial charge >= 0.3 is 0 Å². The van der Waals surface area contributed by atoms with Gasteiger partial charge in [-0.15, -0.1) is 0 Å². The lowest BCUT2D eigenvalue weighted by molar-refractivity contribution is 0.0746. The maximum Gasteiger partial charge on any atom is 0.254 e. The number of sulfonamides is 1. The van der Waals surface area contributed by atoms with Gasteiger partial charge in [0, 0.05) is 58.2 Å². The normalized spacial score (nSPS) is 15.3. The van der Waals surface area contributed by atoms with Crippen molar-refractivity contribution in [1.29, 1.82) is 0 Å². The second-order valence-corrected chi connectivity index (χ2v) is 8.72. The highest BCUT2D eigenvalue weighted by Crippen LogP contribution is 2.21. The third kappa shape index (κ3) is 3.93. The highest BCUT2D eigenvalue weighted by Gasteiger charge is 2.26. The first kappa shape index (κ1) is 19.2. The monoisotopic (exact) mass is 389 g/mol. The van der Waals surface area contributed by atoms with Crippen LogP contribution < -0.4 is 4.90 Å². The number of aromatic nitrogens is 2. The van der Waals surface area contributed by atoms with E-state index in [0.717, 1.165) is 4.31 Å². The molecule has 2 aromatic rings. The number of benzene rings is 1. The van der Waals surface area contributed by atoms with Gasteiger partial charge < -0.3 is 9.80 Å². The number of hydrogen-bond donors (Lipinski definition) is 0.